The molecule has 1 amide bonds. The molecule has 0 saturated carbocycles. The Balaban J connectivity index is 1.94. The third kappa shape index (κ3) is 4.88. The van der Waals surface area contributed by atoms with Gasteiger partial charge in [-0.3, -0.25) is 4.79 Å². The summed E-state index contributed by atoms with van der Waals surface area (Å²) in [6, 6.07) is 18.5. The molecule has 0 saturated heterocycles. The summed E-state index contributed by atoms with van der Waals surface area (Å²) in [7, 11) is 0. The molecule has 0 bridgehead atoms. The molecule has 32 heavy (non-hydrogen) atoms. The largest absolute Gasteiger partial charge is 0.321 e. The van der Waals surface area contributed by atoms with Crippen LogP contribution in [0.1, 0.15) is 31.4 Å². The van der Waals surface area contributed by atoms with Crippen LogP contribution in [0.5, 0.6) is 0 Å². The second kappa shape index (κ2) is 9.34. The molecule has 0 aliphatic heterocycles. The molecule has 0 atom stereocenters. The third-order valence-corrected chi connectivity index (χ3v) is 4.98. The van der Waals surface area contributed by atoms with Crippen LogP contribution in [0, 0.1) is 34.5 Å². The maximum absolute atomic E-state index is 14.0. The van der Waals surface area contributed by atoms with Crippen molar-refractivity contribution in [3.8, 4) is 0 Å². The van der Waals surface area contributed by atoms with Crippen molar-refractivity contribution in [1.82, 2.24) is 0 Å². The van der Waals surface area contributed by atoms with E-state index in [0.717, 1.165) is 16.7 Å². The van der Waals surface area contributed by atoms with Crippen molar-refractivity contribution in [2.45, 2.75) is 20.3 Å². The molecule has 0 spiro atoms. The van der Waals surface area contributed by atoms with E-state index < -0.39 is 46.1 Å². The quantitative estimate of drug-likeness (QED) is 0.189. The zero-order valence-electron chi connectivity index (χ0n) is 17.4. The van der Waals surface area contributed by atoms with Gasteiger partial charge in [-0.2, -0.15) is 0 Å². The maximum Gasteiger partial charge on any atom is 0.230 e. The van der Waals surface area contributed by atoms with Gasteiger partial charge in [-0.05, 0) is 23.1 Å². The van der Waals surface area contributed by atoms with Crippen LogP contribution in [0.4, 0.5) is 27.6 Å². The maximum atomic E-state index is 14.0. The van der Waals surface area contributed by atoms with Gasteiger partial charge < -0.3 is 5.32 Å². The Kier molecular flexibility index (Phi) is 6.77. The van der Waals surface area contributed by atoms with Gasteiger partial charge in [-0.1, -0.05) is 80.6 Å². The van der Waals surface area contributed by atoms with E-state index in [4.69, 9.17) is 0 Å². The number of carbonyl (C=O) groups is 1. The van der Waals surface area contributed by atoms with Crippen LogP contribution in [0.15, 0.2) is 60.7 Å². The second-order valence-corrected chi connectivity index (χ2v) is 7.91. The lowest BCUT2D eigenvalue weighted by Crippen LogP contribution is -2.32. The predicted molar refractivity (Wildman–Crippen MR) is 114 cm³/mol. The minimum absolute atomic E-state index is 0.132. The van der Waals surface area contributed by atoms with Crippen molar-refractivity contribution < 1.29 is 26.7 Å². The van der Waals surface area contributed by atoms with E-state index in [2.05, 4.69) is 0 Å². The number of anilines is 1. The molecule has 1 N–H and O–H groups in total. The molecule has 0 aliphatic carbocycles. The lowest BCUT2D eigenvalue weighted by Gasteiger charge is -2.26. The van der Waals surface area contributed by atoms with Crippen LogP contribution in [-0.2, 0) is 4.79 Å². The Morgan fingerprint density at radius 3 is 1.78 bits per heavy atom. The van der Waals surface area contributed by atoms with E-state index in [-0.39, 0.29) is 6.42 Å². The zero-order valence-corrected chi connectivity index (χ0v) is 17.4. The molecule has 166 valence electrons. The van der Waals surface area contributed by atoms with E-state index >= 15 is 0 Å². The van der Waals surface area contributed by atoms with Gasteiger partial charge in [0.05, 0.1) is 0 Å². The molecule has 3 aromatic rings. The molecular weight excluding hydrogens is 425 g/mol. The smallest absolute Gasteiger partial charge is 0.230 e. The van der Waals surface area contributed by atoms with E-state index in [1.165, 1.54) is 13.8 Å². The topological polar surface area (TPSA) is 29.1 Å². The van der Waals surface area contributed by atoms with Crippen LogP contribution in [0.3, 0.4) is 0 Å². The monoisotopic (exact) mass is 445 g/mol. The molecule has 0 radical (unpaired) electrons. The summed E-state index contributed by atoms with van der Waals surface area (Å²) in [4.78, 5) is 12.9. The van der Waals surface area contributed by atoms with Crippen LogP contribution < -0.4 is 5.32 Å². The van der Waals surface area contributed by atoms with E-state index in [0.29, 0.717) is 0 Å². The number of amides is 1. The number of carbonyl (C=O) groups excluding carboxylic acids is 1. The summed E-state index contributed by atoms with van der Waals surface area (Å²) in [5, 5.41) is 1.89. The van der Waals surface area contributed by atoms with Crippen molar-refractivity contribution in [1.29, 1.82) is 0 Å². The third-order valence-electron chi connectivity index (χ3n) is 4.98. The predicted octanol–water partition coefficient (Wildman–Crippen LogP) is 6.98. The molecular formula is C25H20F5NO. The molecule has 0 heterocycles. The highest BCUT2D eigenvalue weighted by Gasteiger charge is 2.33. The average Bonchev–Trinajstić information content (AvgIpc) is 2.79. The zero-order chi connectivity index (χ0) is 23.5. The molecule has 3 aromatic carbocycles. The molecule has 2 nitrogen and oxygen atoms in total. The van der Waals surface area contributed by atoms with Crippen LogP contribution >= 0.6 is 0 Å². The Morgan fingerprint density at radius 2 is 1.25 bits per heavy atom. The first kappa shape index (κ1) is 23.2. The summed E-state index contributed by atoms with van der Waals surface area (Å²) < 4.78 is 68.3. The molecule has 0 aliphatic rings. The van der Waals surface area contributed by atoms with Gasteiger partial charge in [0, 0.05) is 5.41 Å². The number of halogens is 5. The number of benzene rings is 3. The van der Waals surface area contributed by atoms with Crippen LogP contribution in [-0.4, -0.2) is 5.91 Å². The van der Waals surface area contributed by atoms with Gasteiger partial charge >= 0.3 is 0 Å². The number of rotatable bonds is 6. The van der Waals surface area contributed by atoms with Gasteiger partial charge in [-0.25, -0.2) is 22.0 Å². The van der Waals surface area contributed by atoms with Crippen molar-refractivity contribution in [3.63, 3.8) is 0 Å². The molecule has 7 heteroatoms. The van der Waals surface area contributed by atoms with Gasteiger partial charge in [0.2, 0.25) is 11.7 Å². The molecule has 3 rings (SSSR count). The molecule has 0 fully saturated rings. The first-order valence-electron chi connectivity index (χ1n) is 9.75. The minimum Gasteiger partial charge on any atom is -0.321 e. The summed E-state index contributed by atoms with van der Waals surface area (Å²) in [6.07, 6.45) is 2.01. The minimum atomic E-state index is -2.28. The number of hydrogen-bond donors (Lipinski definition) is 1. The SMILES string of the molecule is CC(C)(C/C(=C/c1ccccc1)c1ccccc1)C(=O)Nc1c(F)c(F)c(F)c(F)c1F. The number of allylic oxidation sites excluding steroid dienone is 1. The van der Waals surface area contributed by atoms with Crippen LogP contribution in [0.25, 0.3) is 11.6 Å². The van der Waals surface area contributed by atoms with E-state index in [1.54, 1.807) is 0 Å². The molecule has 0 unspecified atom stereocenters. The summed E-state index contributed by atoms with van der Waals surface area (Å²) in [5.74, 6) is -11.6. The highest BCUT2D eigenvalue weighted by Crippen LogP contribution is 2.35. The van der Waals surface area contributed by atoms with Gasteiger partial charge in [0.1, 0.15) is 5.69 Å². The average molecular weight is 445 g/mol. The lowest BCUT2D eigenvalue weighted by molar-refractivity contribution is -0.123. The summed E-state index contributed by atoms with van der Waals surface area (Å²) >= 11 is 0. The Bertz CT molecular complexity index is 1130. The fourth-order valence-electron chi connectivity index (χ4n) is 3.19. The van der Waals surface area contributed by atoms with Crippen LogP contribution in [0.2, 0.25) is 0 Å². The highest BCUT2D eigenvalue weighted by atomic mass is 19.2. The normalized spacial score (nSPS) is 12.0. The van der Waals surface area contributed by atoms with E-state index in [9.17, 15) is 26.7 Å². The van der Waals surface area contributed by atoms with Crippen molar-refractivity contribution in [2.75, 3.05) is 5.32 Å². The second-order valence-electron chi connectivity index (χ2n) is 7.91. The highest BCUT2D eigenvalue weighted by molar-refractivity contribution is 5.97. The molecule has 0 aromatic heterocycles. The van der Waals surface area contributed by atoms with Crippen molar-refractivity contribution in [3.05, 3.63) is 101 Å². The fourth-order valence-corrected chi connectivity index (χ4v) is 3.19. The lowest BCUT2D eigenvalue weighted by atomic mass is 9.81. The van der Waals surface area contributed by atoms with Crippen molar-refractivity contribution >= 4 is 23.2 Å². The van der Waals surface area contributed by atoms with Gasteiger partial charge in [0.15, 0.2) is 23.3 Å². The fraction of sp³-hybridized carbons (Fsp3) is 0.160. The summed E-state index contributed by atoms with van der Waals surface area (Å²) in [6.45, 7) is 3.05. The van der Waals surface area contributed by atoms with Gasteiger partial charge in [-0.15, -0.1) is 0 Å². The Hall–Kier alpha value is -3.48. The first-order valence-corrected chi connectivity index (χ1v) is 9.75. The van der Waals surface area contributed by atoms with Crippen molar-refractivity contribution in [2.24, 2.45) is 5.41 Å². The number of hydrogen-bond acceptors (Lipinski definition) is 1. The van der Waals surface area contributed by atoms with Gasteiger partial charge in [0.25, 0.3) is 0 Å². The Labute approximate surface area is 182 Å². The van der Waals surface area contributed by atoms with E-state index in [1.807, 2.05) is 72.1 Å². The standard InChI is InChI=1S/C25H20F5NO/c1-25(2,24(32)31-23-21(29)19(27)18(26)20(28)22(23)30)14-17(16-11-7-4-8-12-16)13-15-9-5-3-6-10-15/h3-13H,14H2,1-2H3,(H,31,32)/b17-13-. The first-order chi connectivity index (χ1) is 15.1. The Morgan fingerprint density at radius 1 is 0.781 bits per heavy atom. The summed E-state index contributed by atoms with van der Waals surface area (Å²) in [5.41, 5.74) is -0.158. The number of nitrogens with one attached hydrogen (secondary N) is 1.